The van der Waals surface area contributed by atoms with E-state index in [1.54, 1.807) is 12.4 Å². The lowest BCUT2D eigenvalue weighted by atomic mass is 9.63. The Morgan fingerprint density at radius 3 is 2.28 bits per heavy atom. The molecule has 1 saturated carbocycles. The molecule has 98 valence electrons. The zero-order chi connectivity index (χ0) is 13.2. The van der Waals surface area contributed by atoms with Crippen LogP contribution >= 0.6 is 0 Å². The molecule has 18 heavy (non-hydrogen) atoms. The number of hydrogen-bond acceptors (Lipinski definition) is 2. The molecule has 1 heterocycles. The highest BCUT2D eigenvalue weighted by atomic mass is 16.4. The van der Waals surface area contributed by atoms with E-state index in [9.17, 15) is 9.90 Å². The average Bonchev–Trinajstić information content (AvgIpc) is 2.33. The summed E-state index contributed by atoms with van der Waals surface area (Å²) in [5, 5.41) is 9.60. The second kappa shape index (κ2) is 4.71. The summed E-state index contributed by atoms with van der Waals surface area (Å²) < 4.78 is 0. The van der Waals surface area contributed by atoms with Gasteiger partial charge in [0.2, 0.25) is 0 Å². The second-order valence-corrected chi connectivity index (χ2v) is 6.28. The van der Waals surface area contributed by atoms with E-state index in [4.69, 9.17) is 0 Å². The molecule has 1 aliphatic carbocycles. The van der Waals surface area contributed by atoms with Crippen LogP contribution in [0.2, 0.25) is 0 Å². The minimum absolute atomic E-state index is 0.289. The Morgan fingerprint density at radius 2 is 1.78 bits per heavy atom. The zero-order valence-electron chi connectivity index (χ0n) is 11.1. The number of carboxylic acid groups (broad SMARTS) is 1. The first kappa shape index (κ1) is 13.1. The minimum Gasteiger partial charge on any atom is -0.481 e. The van der Waals surface area contributed by atoms with E-state index in [1.807, 2.05) is 12.1 Å². The third-order valence-corrected chi connectivity index (χ3v) is 4.31. The van der Waals surface area contributed by atoms with Crippen molar-refractivity contribution in [1.82, 2.24) is 4.98 Å². The van der Waals surface area contributed by atoms with Gasteiger partial charge in [-0.25, -0.2) is 0 Å². The third kappa shape index (κ3) is 2.71. The number of rotatable bonds is 3. The fourth-order valence-corrected chi connectivity index (χ4v) is 2.76. The summed E-state index contributed by atoms with van der Waals surface area (Å²) in [7, 11) is 0. The van der Waals surface area contributed by atoms with Crippen LogP contribution in [0.4, 0.5) is 0 Å². The van der Waals surface area contributed by atoms with Crippen LogP contribution < -0.4 is 0 Å². The summed E-state index contributed by atoms with van der Waals surface area (Å²) in [6.07, 6.45) is 7.63. The molecular weight excluding hydrogens is 226 g/mol. The molecule has 1 aliphatic rings. The molecule has 0 amide bonds. The summed E-state index contributed by atoms with van der Waals surface area (Å²) >= 11 is 0. The number of aliphatic carboxylic acids is 1. The Morgan fingerprint density at radius 1 is 1.22 bits per heavy atom. The molecule has 1 aromatic rings. The van der Waals surface area contributed by atoms with Crippen LogP contribution in [-0.2, 0) is 11.2 Å². The lowest BCUT2D eigenvalue weighted by molar-refractivity contribution is -0.152. The molecule has 0 aliphatic heterocycles. The van der Waals surface area contributed by atoms with Gasteiger partial charge in [0.25, 0.3) is 0 Å². The quantitative estimate of drug-likeness (QED) is 0.891. The van der Waals surface area contributed by atoms with Gasteiger partial charge in [-0.3, -0.25) is 9.78 Å². The maximum absolute atomic E-state index is 11.7. The summed E-state index contributed by atoms with van der Waals surface area (Å²) in [4.78, 5) is 15.7. The fraction of sp³-hybridized carbons (Fsp3) is 0.600. The molecule has 0 bridgehead atoms. The van der Waals surface area contributed by atoms with Gasteiger partial charge in [-0.05, 0) is 55.2 Å². The molecule has 0 unspecified atom stereocenters. The highest BCUT2D eigenvalue weighted by Gasteiger charge is 2.43. The van der Waals surface area contributed by atoms with Gasteiger partial charge in [0.1, 0.15) is 0 Å². The van der Waals surface area contributed by atoms with Crippen molar-refractivity contribution >= 4 is 5.97 Å². The van der Waals surface area contributed by atoms with Crippen LogP contribution in [0, 0.1) is 10.8 Å². The van der Waals surface area contributed by atoms with Crippen molar-refractivity contribution < 1.29 is 9.90 Å². The maximum atomic E-state index is 11.7. The van der Waals surface area contributed by atoms with Crippen LogP contribution in [0.15, 0.2) is 24.5 Å². The Labute approximate surface area is 108 Å². The molecule has 0 saturated heterocycles. The maximum Gasteiger partial charge on any atom is 0.309 e. The molecular formula is C15H21NO2. The number of aromatic nitrogens is 1. The van der Waals surface area contributed by atoms with Crippen LogP contribution in [0.3, 0.4) is 0 Å². The molecule has 0 aromatic carbocycles. The van der Waals surface area contributed by atoms with Crippen molar-refractivity contribution in [3.63, 3.8) is 0 Å². The third-order valence-electron chi connectivity index (χ3n) is 4.31. The van der Waals surface area contributed by atoms with E-state index >= 15 is 0 Å². The SMILES string of the molecule is CC1(C)CCC(Cc2ccncc2)(C(=O)O)CC1. The highest BCUT2D eigenvalue weighted by molar-refractivity contribution is 5.75. The number of pyridine rings is 1. The van der Waals surface area contributed by atoms with Gasteiger partial charge < -0.3 is 5.11 Å². The molecule has 3 nitrogen and oxygen atoms in total. The van der Waals surface area contributed by atoms with Crippen molar-refractivity contribution in [1.29, 1.82) is 0 Å². The molecule has 0 atom stereocenters. The summed E-state index contributed by atoms with van der Waals surface area (Å²) in [5.41, 5.74) is 0.792. The predicted octanol–water partition coefficient (Wildman–Crippen LogP) is 3.30. The van der Waals surface area contributed by atoms with E-state index in [-0.39, 0.29) is 5.41 Å². The van der Waals surface area contributed by atoms with Gasteiger partial charge in [-0.1, -0.05) is 13.8 Å². The smallest absolute Gasteiger partial charge is 0.309 e. The van der Waals surface area contributed by atoms with Crippen LogP contribution in [0.1, 0.15) is 45.1 Å². The van der Waals surface area contributed by atoms with Gasteiger partial charge in [0, 0.05) is 12.4 Å². The normalized spacial score (nSPS) is 21.4. The van der Waals surface area contributed by atoms with Gasteiger partial charge in [-0.15, -0.1) is 0 Å². The van der Waals surface area contributed by atoms with Crippen LogP contribution in [-0.4, -0.2) is 16.1 Å². The van der Waals surface area contributed by atoms with Crippen molar-refractivity contribution in [3.8, 4) is 0 Å². The van der Waals surface area contributed by atoms with Crippen molar-refractivity contribution in [2.24, 2.45) is 10.8 Å². The molecule has 1 aromatic heterocycles. The van der Waals surface area contributed by atoms with E-state index in [0.717, 1.165) is 31.2 Å². The summed E-state index contributed by atoms with van der Waals surface area (Å²) in [5.74, 6) is -0.644. The number of hydrogen-bond donors (Lipinski definition) is 1. The first-order valence-electron chi connectivity index (χ1n) is 6.56. The van der Waals surface area contributed by atoms with E-state index < -0.39 is 11.4 Å². The summed E-state index contributed by atoms with van der Waals surface area (Å²) in [6, 6.07) is 3.84. The Balaban J connectivity index is 2.17. The average molecular weight is 247 g/mol. The van der Waals surface area contributed by atoms with Gasteiger partial charge in [0.05, 0.1) is 5.41 Å². The van der Waals surface area contributed by atoms with Gasteiger partial charge >= 0.3 is 5.97 Å². The molecule has 0 spiro atoms. The fourth-order valence-electron chi connectivity index (χ4n) is 2.76. The Bertz CT molecular complexity index is 415. The first-order chi connectivity index (χ1) is 8.44. The second-order valence-electron chi connectivity index (χ2n) is 6.28. The van der Waals surface area contributed by atoms with Crippen LogP contribution in [0.25, 0.3) is 0 Å². The molecule has 1 N–H and O–H groups in total. The molecule has 3 heteroatoms. The predicted molar refractivity (Wildman–Crippen MR) is 70.3 cm³/mol. The number of carbonyl (C=O) groups is 1. The van der Waals surface area contributed by atoms with Crippen molar-refractivity contribution in [3.05, 3.63) is 30.1 Å². The minimum atomic E-state index is -0.644. The molecule has 2 rings (SSSR count). The number of nitrogens with zero attached hydrogens (tertiary/aromatic N) is 1. The van der Waals surface area contributed by atoms with E-state index in [0.29, 0.717) is 6.42 Å². The van der Waals surface area contributed by atoms with Crippen molar-refractivity contribution in [2.45, 2.75) is 46.0 Å². The lowest BCUT2D eigenvalue weighted by Gasteiger charge is -2.41. The lowest BCUT2D eigenvalue weighted by Crippen LogP contribution is -2.39. The largest absolute Gasteiger partial charge is 0.481 e. The molecule has 0 radical (unpaired) electrons. The molecule has 1 fully saturated rings. The zero-order valence-corrected chi connectivity index (χ0v) is 11.1. The topological polar surface area (TPSA) is 50.2 Å². The van der Waals surface area contributed by atoms with Crippen LogP contribution in [0.5, 0.6) is 0 Å². The van der Waals surface area contributed by atoms with E-state index in [2.05, 4.69) is 18.8 Å². The Kier molecular flexibility index (Phi) is 3.42. The van der Waals surface area contributed by atoms with Gasteiger partial charge in [-0.2, -0.15) is 0 Å². The Hall–Kier alpha value is -1.38. The standard InChI is InChI=1S/C15H21NO2/c1-14(2)5-7-15(8-6-14,13(17)18)11-12-3-9-16-10-4-12/h3-4,9-10H,5-8,11H2,1-2H3,(H,17,18). The monoisotopic (exact) mass is 247 g/mol. The first-order valence-corrected chi connectivity index (χ1v) is 6.56. The van der Waals surface area contributed by atoms with Gasteiger partial charge in [0.15, 0.2) is 0 Å². The summed E-state index contributed by atoms with van der Waals surface area (Å²) in [6.45, 7) is 4.45. The highest BCUT2D eigenvalue weighted by Crippen LogP contribution is 2.46. The van der Waals surface area contributed by atoms with E-state index in [1.165, 1.54) is 0 Å². The number of carboxylic acids is 1. The van der Waals surface area contributed by atoms with Crippen molar-refractivity contribution in [2.75, 3.05) is 0 Å².